The van der Waals surface area contributed by atoms with Crippen molar-refractivity contribution in [3.8, 4) is 10.4 Å². The van der Waals surface area contributed by atoms with Crippen LogP contribution in [0.3, 0.4) is 0 Å². The molecular weight excluding hydrogens is 442 g/mol. The standard InChI is InChI=1S/C25H24ClN3O2S/c1-14-6-5-7-16(10-14)23-22(28-15(2)32-23)25(31)29-13-17-11-19(17)21(29)12-27-24(30)18-8-3-4-9-20(18)26/h3-10,17,19,21H,11-13H2,1-2H3,(H,27,30)/t17-,19?,21-/m1/s1. The van der Waals surface area contributed by atoms with Crippen molar-refractivity contribution in [1.82, 2.24) is 15.2 Å². The number of rotatable bonds is 5. The monoisotopic (exact) mass is 465 g/mol. The van der Waals surface area contributed by atoms with Crippen molar-refractivity contribution in [1.29, 1.82) is 0 Å². The molecule has 164 valence electrons. The van der Waals surface area contributed by atoms with Gasteiger partial charge in [-0.2, -0.15) is 0 Å². The van der Waals surface area contributed by atoms with Gasteiger partial charge in [-0.25, -0.2) is 4.98 Å². The zero-order valence-electron chi connectivity index (χ0n) is 18.0. The van der Waals surface area contributed by atoms with E-state index in [1.807, 2.05) is 36.9 Å². The molecule has 1 saturated carbocycles. The van der Waals surface area contributed by atoms with Gasteiger partial charge in [-0.3, -0.25) is 9.59 Å². The van der Waals surface area contributed by atoms with Gasteiger partial charge in [0, 0.05) is 13.1 Å². The van der Waals surface area contributed by atoms with Crippen LogP contribution >= 0.6 is 22.9 Å². The van der Waals surface area contributed by atoms with E-state index in [-0.39, 0.29) is 17.9 Å². The number of likely N-dealkylation sites (tertiary alicyclic amines) is 1. The van der Waals surface area contributed by atoms with Crippen molar-refractivity contribution in [2.75, 3.05) is 13.1 Å². The predicted octanol–water partition coefficient (Wildman–Crippen LogP) is 4.97. The highest BCUT2D eigenvalue weighted by molar-refractivity contribution is 7.15. The Kier molecular flexibility index (Phi) is 5.51. The molecule has 2 amide bonds. The number of fused-ring (bicyclic) bond motifs is 1. The van der Waals surface area contributed by atoms with Gasteiger partial charge in [-0.1, -0.05) is 53.6 Å². The number of aromatic nitrogens is 1. The fourth-order valence-corrected chi connectivity index (χ4v) is 5.82. The third-order valence-corrected chi connectivity index (χ3v) is 7.72. The number of carbonyl (C=O) groups excluding carboxylic acids is 2. The molecule has 0 radical (unpaired) electrons. The SMILES string of the molecule is Cc1cccc(-c2sc(C)nc2C(=O)N2C[C@H]3CC3[C@H]2CNC(=O)c2ccccc2Cl)c1. The molecule has 32 heavy (non-hydrogen) atoms. The molecule has 7 heteroatoms. The molecule has 0 spiro atoms. The highest BCUT2D eigenvalue weighted by atomic mass is 35.5. The summed E-state index contributed by atoms with van der Waals surface area (Å²) in [6, 6.07) is 15.2. The van der Waals surface area contributed by atoms with Crippen LogP contribution in [-0.4, -0.2) is 40.8 Å². The van der Waals surface area contributed by atoms with Crippen molar-refractivity contribution in [3.05, 3.63) is 75.4 Å². The molecule has 1 aromatic heterocycles. The smallest absolute Gasteiger partial charge is 0.274 e. The minimum atomic E-state index is -0.211. The second-order valence-corrected chi connectivity index (χ2v) is 10.3. The normalized spacial score (nSPS) is 21.3. The first-order chi connectivity index (χ1) is 15.4. The van der Waals surface area contributed by atoms with E-state index in [1.54, 1.807) is 35.6 Å². The van der Waals surface area contributed by atoms with Crippen molar-refractivity contribution in [2.24, 2.45) is 11.8 Å². The van der Waals surface area contributed by atoms with Gasteiger partial charge in [0.05, 0.1) is 26.5 Å². The fraction of sp³-hybridized carbons (Fsp3) is 0.320. The van der Waals surface area contributed by atoms with E-state index in [0.717, 1.165) is 34.0 Å². The van der Waals surface area contributed by atoms with Gasteiger partial charge < -0.3 is 10.2 Å². The van der Waals surface area contributed by atoms with E-state index in [9.17, 15) is 9.59 Å². The number of piperidine rings is 1. The van der Waals surface area contributed by atoms with Gasteiger partial charge in [0.15, 0.2) is 0 Å². The average Bonchev–Trinajstić information content (AvgIpc) is 3.28. The molecule has 2 heterocycles. The Morgan fingerprint density at radius 3 is 2.78 bits per heavy atom. The van der Waals surface area contributed by atoms with Crippen LogP contribution in [0, 0.1) is 25.7 Å². The van der Waals surface area contributed by atoms with E-state index in [1.165, 1.54) is 0 Å². The lowest BCUT2D eigenvalue weighted by atomic mass is 10.1. The molecule has 2 fully saturated rings. The molecule has 3 aromatic rings. The number of hydrogen-bond donors (Lipinski definition) is 1. The first-order valence-electron chi connectivity index (χ1n) is 10.8. The number of carbonyl (C=O) groups is 2. The molecule has 2 aromatic carbocycles. The number of nitrogens with one attached hydrogen (secondary N) is 1. The first kappa shape index (κ1) is 21.2. The Bertz CT molecular complexity index is 1210. The quantitative estimate of drug-likeness (QED) is 0.578. The summed E-state index contributed by atoms with van der Waals surface area (Å²) in [7, 11) is 0. The summed E-state index contributed by atoms with van der Waals surface area (Å²) in [4.78, 5) is 33.7. The van der Waals surface area contributed by atoms with Gasteiger partial charge in [0.1, 0.15) is 5.69 Å². The zero-order valence-corrected chi connectivity index (χ0v) is 19.5. The number of aryl methyl sites for hydroxylation is 2. The lowest BCUT2D eigenvalue weighted by Crippen LogP contribution is -2.45. The Balaban J connectivity index is 1.36. The number of thiazole rings is 1. The van der Waals surface area contributed by atoms with Crippen LogP contribution in [0.5, 0.6) is 0 Å². The molecule has 0 bridgehead atoms. The number of nitrogens with zero attached hydrogens (tertiary/aromatic N) is 2. The summed E-state index contributed by atoms with van der Waals surface area (Å²) in [5.41, 5.74) is 3.14. The molecule has 5 nitrogen and oxygen atoms in total. The molecular formula is C25H24ClN3O2S. The number of hydrogen-bond acceptors (Lipinski definition) is 4. The minimum absolute atomic E-state index is 0.0219. The molecule has 1 saturated heterocycles. The maximum atomic E-state index is 13.6. The number of halogens is 1. The zero-order chi connectivity index (χ0) is 22.4. The Morgan fingerprint density at radius 1 is 1.19 bits per heavy atom. The number of amides is 2. The van der Waals surface area contributed by atoms with Gasteiger partial charge in [-0.15, -0.1) is 11.3 Å². The van der Waals surface area contributed by atoms with E-state index in [4.69, 9.17) is 11.6 Å². The van der Waals surface area contributed by atoms with E-state index in [2.05, 4.69) is 16.4 Å². The first-order valence-corrected chi connectivity index (χ1v) is 12.0. The summed E-state index contributed by atoms with van der Waals surface area (Å²) < 4.78 is 0. The van der Waals surface area contributed by atoms with Crippen LogP contribution in [-0.2, 0) is 0 Å². The maximum Gasteiger partial charge on any atom is 0.274 e. The lowest BCUT2D eigenvalue weighted by Gasteiger charge is -2.27. The molecule has 3 atom stereocenters. The van der Waals surface area contributed by atoms with Gasteiger partial charge in [0.2, 0.25) is 0 Å². The number of benzene rings is 2. The van der Waals surface area contributed by atoms with E-state index < -0.39 is 0 Å². The van der Waals surface area contributed by atoms with Crippen LogP contribution in [0.25, 0.3) is 10.4 Å². The highest BCUT2D eigenvalue weighted by Gasteiger charge is 2.54. The van der Waals surface area contributed by atoms with Crippen molar-refractivity contribution in [2.45, 2.75) is 26.3 Å². The molecule has 1 aliphatic heterocycles. The molecule has 1 aliphatic carbocycles. The summed E-state index contributed by atoms with van der Waals surface area (Å²) >= 11 is 7.72. The van der Waals surface area contributed by atoms with Gasteiger partial charge >= 0.3 is 0 Å². The van der Waals surface area contributed by atoms with Gasteiger partial charge in [-0.05, 0) is 49.8 Å². The fourth-order valence-electron chi connectivity index (χ4n) is 4.69. The molecule has 2 aliphatic rings. The second-order valence-electron chi connectivity index (χ2n) is 8.65. The largest absolute Gasteiger partial charge is 0.350 e. The van der Waals surface area contributed by atoms with Gasteiger partial charge in [0.25, 0.3) is 11.8 Å². The van der Waals surface area contributed by atoms with E-state index in [0.29, 0.717) is 34.7 Å². The third-order valence-electron chi connectivity index (χ3n) is 6.37. The summed E-state index contributed by atoms with van der Waals surface area (Å²) in [5.74, 6) is 0.697. The van der Waals surface area contributed by atoms with Crippen molar-refractivity contribution < 1.29 is 9.59 Å². The summed E-state index contributed by atoms with van der Waals surface area (Å²) in [6.45, 7) is 5.12. The van der Waals surface area contributed by atoms with Crippen LogP contribution in [0.4, 0.5) is 0 Å². The second kappa shape index (κ2) is 8.34. The molecule has 1 unspecified atom stereocenters. The Labute approximate surface area is 196 Å². The van der Waals surface area contributed by atoms with Crippen LogP contribution in [0.15, 0.2) is 48.5 Å². The van der Waals surface area contributed by atoms with Crippen LogP contribution < -0.4 is 5.32 Å². The van der Waals surface area contributed by atoms with Crippen LogP contribution in [0.2, 0.25) is 5.02 Å². The van der Waals surface area contributed by atoms with Crippen molar-refractivity contribution >= 4 is 34.8 Å². The van der Waals surface area contributed by atoms with Crippen LogP contribution in [0.1, 0.15) is 37.8 Å². The minimum Gasteiger partial charge on any atom is -0.350 e. The topological polar surface area (TPSA) is 62.3 Å². The molecule has 1 N–H and O–H groups in total. The summed E-state index contributed by atoms with van der Waals surface area (Å²) in [5, 5.41) is 4.30. The van der Waals surface area contributed by atoms with E-state index >= 15 is 0 Å². The lowest BCUT2D eigenvalue weighted by molar-refractivity contribution is 0.0690. The highest BCUT2D eigenvalue weighted by Crippen LogP contribution is 2.50. The maximum absolute atomic E-state index is 13.6. The van der Waals surface area contributed by atoms with Crippen molar-refractivity contribution in [3.63, 3.8) is 0 Å². The summed E-state index contributed by atoms with van der Waals surface area (Å²) in [6.07, 6.45) is 1.11. The predicted molar refractivity (Wildman–Crippen MR) is 127 cm³/mol. The Morgan fingerprint density at radius 2 is 2.00 bits per heavy atom. The Hall–Kier alpha value is -2.70. The molecule has 5 rings (SSSR count). The average molecular weight is 466 g/mol. The third kappa shape index (κ3) is 3.93.